The van der Waals surface area contributed by atoms with Crippen LogP contribution in [-0.4, -0.2) is 81.1 Å². The molecular weight excluding hydrogens is 508 g/mol. The quantitative estimate of drug-likeness (QED) is 0.581. The van der Waals surface area contributed by atoms with Gasteiger partial charge in [-0.1, -0.05) is 11.6 Å². The first-order valence-electron chi connectivity index (χ1n) is 12.0. The first-order chi connectivity index (χ1) is 17.0. The van der Waals surface area contributed by atoms with Gasteiger partial charge in [0.2, 0.25) is 5.90 Å². The number of hydrogen-bond donors (Lipinski definition) is 1. The number of anilines is 1. The average Bonchev–Trinajstić information content (AvgIpc) is 3.66. The Morgan fingerprint density at radius 1 is 1.17 bits per heavy atom. The lowest BCUT2D eigenvalue weighted by molar-refractivity contribution is 0.00860. The zero-order valence-electron chi connectivity index (χ0n) is 20.9. The highest BCUT2D eigenvalue weighted by molar-refractivity contribution is 7.92. The van der Waals surface area contributed by atoms with Gasteiger partial charge in [-0.2, -0.15) is 0 Å². The molecule has 1 amide bonds. The Bertz CT molecular complexity index is 1140. The number of amides is 1. The molecule has 1 aromatic carbocycles. The number of sulfone groups is 1. The van der Waals surface area contributed by atoms with Gasteiger partial charge in [-0.25, -0.2) is 23.2 Å². The summed E-state index contributed by atoms with van der Waals surface area (Å²) in [5.74, 6) is 0.379. The van der Waals surface area contributed by atoms with E-state index in [9.17, 15) is 13.2 Å². The summed E-state index contributed by atoms with van der Waals surface area (Å²) in [7, 11) is -1.80. The highest BCUT2D eigenvalue weighted by atomic mass is 35.5. The van der Waals surface area contributed by atoms with Gasteiger partial charge in [-0.15, -0.1) is 0 Å². The summed E-state index contributed by atoms with van der Waals surface area (Å²) >= 11 is 6.42. The van der Waals surface area contributed by atoms with Crippen molar-refractivity contribution in [2.24, 2.45) is 9.98 Å². The lowest BCUT2D eigenvalue weighted by Crippen LogP contribution is -2.47. The monoisotopic (exact) mass is 540 g/mol. The molecule has 12 heteroatoms. The third-order valence-corrected chi connectivity index (χ3v) is 8.69. The van der Waals surface area contributed by atoms with E-state index in [4.69, 9.17) is 25.8 Å². The Kier molecular flexibility index (Phi) is 7.82. The van der Waals surface area contributed by atoms with Crippen LogP contribution in [-0.2, 0) is 24.0 Å². The zero-order valence-corrected chi connectivity index (χ0v) is 22.5. The number of carbonyl (C=O) groups excluding carboxylic acids is 1. The molecule has 2 fully saturated rings. The number of rotatable bonds is 6. The number of piperidine rings is 1. The van der Waals surface area contributed by atoms with E-state index in [0.717, 1.165) is 0 Å². The molecule has 36 heavy (non-hydrogen) atoms. The van der Waals surface area contributed by atoms with E-state index < -0.39 is 27.7 Å². The molecule has 1 saturated heterocycles. The molecule has 1 saturated carbocycles. The number of ether oxygens (including phenoxy) is 3. The van der Waals surface area contributed by atoms with Crippen LogP contribution in [0.3, 0.4) is 0 Å². The number of halogens is 1. The summed E-state index contributed by atoms with van der Waals surface area (Å²) in [5, 5.41) is 3.18. The van der Waals surface area contributed by atoms with Crippen LogP contribution in [0.25, 0.3) is 0 Å². The Morgan fingerprint density at radius 3 is 2.44 bits per heavy atom. The minimum absolute atomic E-state index is 0.136. The maximum atomic E-state index is 12.5. The van der Waals surface area contributed by atoms with E-state index >= 15 is 0 Å². The van der Waals surface area contributed by atoms with Gasteiger partial charge in [0.25, 0.3) is 0 Å². The van der Waals surface area contributed by atoms with Gasteiger partial charge in [0.15, 0.2) is 22.1 Å². The second-order valence-electron chi connectivity index (χ2n) is 10.1. The molecule has 198 valence electrons. The lowest BCUT2D eigenvalue weighted by Gasteiger charge is -2.35. The summed E-state index contributed by atoms with van der Waals surface area (Å²) < 4.78 is 42.3. The number of nitrogens with one attached hydrogen (secondary N) is 1. The molecule has 1 N–H and O–H groups in total. The van der Waals surface area contributed by atoms with E-state index in [1.54, 1.807) is 17.0 Å². The molecule has 0 aromatic heterocycles. The summed E-state index contributed by atoms with van der Waals surface area (Å²) in [5.41, 5.74) is -0.00858. The molecule has 1 aliphatic carbocycles. The first-order valence-corrected chi connectivity index (χ1v) is 14.0. The van der Waals surface area contributed by atoms with Gasteiger partial charge in [0, 0.05) is 33.0 Å². The SMILES string of the molecule is COC1C(OC2CCN(C(=O)OC(C)(C)C)CC2)=NC=NC1Nc1ccc(S(=O)(=O)C2CC2)cc1Cl. The van der Waals surface area contributed by atoms with Crippen LogP contribution in [0.2, 0.25) is 5.02 Å². The van der Waals surface area contributed by atoms with Crippen molar-refractivity contribution in [2.45, 2.75) is 80.6 Å². The van der Waals surface area contributed by atoms with Crippen molar-refractivity contribution in [1.29, 1.82) is 0 Å². The van der Waals surface area contributed by atoms with Crippen molar-refractivity contribution < 1.29 is 27.4 Å². The number of carbonyl (C=O) groups is 1. The molecule has 10 nitrogen and oxygen atoms in total. The maximum Gasteiger partial charge on any atom is 0.410 e. The molecule has 0 radical (unpaired) electrons. The predicted octanol–water partition coefficient (Wildman–Crippen LogP) is 3.89. The van der Waals surface area contributed by atoms with Crippen LogP contribution < -0.4 is 5.32 Å². The summed E-state index contributed by atoms with van der Waals surface area (Å²) in [6.45, 7) is 6.57. The van der Waals surface area contributed by atoms with Crippen molar-refractivity contribution in [1.82, 2.24) is 4.90 Å². The second kappa shape index (κ2) is 10.5. The minimum Gasteiger partial charge on any atom is -0.475 e. The van der Waals surface area contributed by atoms with E-state index in [0.29, 0.717) is 50.4 Å². The van der Waals surface area contributed by atoms with Crippen LogP contribution in [0.5, 0.6) is 0 Å². The molecule has 2 aliphatic heterocycles. The number of nitrogens with zero attached hydrogens (tertiary/aromatic N) is 3. The van der Waals surface area contributed by atoms with Crippen molar-refractivity contribution in [3.8, 4) is 0 Å². The fraction of sp³-hybridized carbons (Fsp3) is 0.625. The first kappa shape index (κ1) is 26.7. The number of hydrogen-bond acceptors (Lipinski definition) is 9. The smallest absolute Gasteiger partial charge is 0.410 e. The third-order valence-electron chi connectivity index (χ3n) is 6.11. The molecule has 0 bridgehead atoms. The van der Waals surface area contributed by atoms with E-state index in [-0.39, 0.29) is 27.4 Å². The van der Waals surface area contributed by atoms with Gasteiger partial charge in [0.1, 0.15) is 18.0 Å². The number of methoxy groups -OCH3 is 1. The summed E-state index contributed by atoms with van der Waals surface area (Å²) in [6, 6.07) is 4.66. The Hall–Kier alpha value is -2.37. The molecule has 2 atom stereocenters. The molecule has 1 aromatic rings. The Balaban J connectivity index is 1.36. The molecule has 4 rings (SSSR count). The number of likely N-dealkylation sites (tertiary alicyclic amines) is 1. The van der Waals surface area contributed by atoms with Crippen molar-refractivity contribution in [3.05, 3.63) is 23.2 Å². The normalized spacial score (nSPS) is 23.2. The Labute approximate surface area is 217 Å². The Morgan fingerprint density at radius 2 is 1.86 bits per heavy atom. The highest BCUT2D eigenvalue weighted by Gasteiger charge is 2.38. The van der Waals surface area contributed by atoms with Crippen molar-refractivity contribution in [3.63, 3.8) is 0 Å². The second-order valence-corrected chi connectivity index (χ2v) is 12.8. The number of benzene rings is 1. The van der Waals surface area contributed by atoms with Gasteiger partial charge in [-0.05, 0) is 51.8 Å². The van der Waals surface area contributed by atoms with E-state index in [1.807, 2.05) is 20.8 Å². The van der Waals surface area contributed by atoms with Crippen molar-refractivity contribution >= 4 is 45.5 Å². The van der Waals surface area contributed by atoms with Gasteiger partial charge in [-0.3, -0.25) is 0 Å². The molecule has 0 spiro atoms. The third kappa shape index (κ3) is 6.30. The van der Waals surface area contributed by atoms with Gasteiger partial charge in [0.05, 0.1) is 20.9 Å². The lowest BCUT2D eigenvalue weighted by atomic mass is 10.1. The molecule has 2 heterocycles. The van der Waals surface area contributed by atoms with Crippen molar-refractivity contribution in [2.75, 3.05) is 25.5 Å². The van der Waals surface area contributed by atoms with Crippen LogP contribution in [0.1, 0.15) is 46.5 Å². The van der Waals surface area contributed by atoms with Crippen LogP contribution >= 0.6 is 11.6 Å². The molecule has 2 unspecified atom stereocenters. The van der Waals surface area contributed by atoms with E-state index in [1.165, 1.54) is 19.5 Å². The topological polar surface area (TPSA) is 119 Å². The van der Waals surface area contributed by atoms with Gasteiger partial charge >= 0.3 is 6.09 Å². The fourth-order valence-electron chi connectivity index (χ4n) is 4.06. The minimum atomic E-state index is -3.34. The summed E-state index contributed by atoms with van der Waals surface area (Å²) in [4.78, 5) is 22.9. The zero-order chi connectivity index (χ0) is 26.1. The highest BCUT2D eigenvalue weighted by Crippen LogP contribution is 2.36. The average molecular weight is 541 g/mol. The standard InChI is InChI=1S/C24H33ClN4O6S/c1-24(2,3)35-23(30)29-11-9-15(10-12-29)34-22-20(33-4)21(26-14-27-22)28-19-8-7-17(13-18(19)25)36(31,32)16-5-6-16/h7-8,13-16,20-21,28H,5-6,9-12H2,1-4H3. The van der Waals surface area contributed by atoms with E-state index in [2.05, 4.69) is 15.3 Å². The van der Waals surface area contributed by atoms with Crippen LogP contribution in [0, 0.1) is 0 Å². The van der Waals surface area contributed by atoms with Crippen LogP contribution in [0.4, 0.5) is 10.5 Å². The number of aliphatic imine (C=N–C) groups is 2. The fourth-order valence-corrected chi connectivity index (χ4v) is 6.04. The molecular formula is C24H33ClN4O6S. The summed E-state index contributed by atoms with van der Waals surface area (Å²) in [6.07, 6.45) is 2.38. The van der Waals surface area contributed by atoms with Crippen LogP contribution in [0.15, 0.2) is 33.1 Å². The predicted molar refractivity (Wildman–Crippen MR) is 138 cm³/mol. The largest absolute Gasteiger partial charge is 0.475 e. The van der Waals surface area contributed by atoms with Gasteiger partial charge < -0.3 is 24.4 Å². The maximum absolute atomic E-state index is 12.5. The molecule has 3 aliphatic rings.